The number of nitrogens with one attached hydrogen (secondary N) is 1. The summed E-state index contributed by atoms with van der Waals surface area (Å²) in [6.45, 7) is 3.35. The van der Waals surface area contributed by atoms with Gasteiger partial charge in [0.05, 0.1) is 16.2 Å². The number of amides is 1. The Morgan fingerprint density at radius 3 is 2.52 bits per heavy atom. The molecule has 33 heavy (non-hydrogen) atoms. The molecule has 0 atom stereocenters. The molecule has 172 valence electrons. The molecule has 1 amide bonds. The van der Waals surface area contributed by atoms with Gasteiger partial charge in [-0.2, -0.15) is 0 Å². The number of nitrogens with zero attached hydrogens (tertiary/aromatic N) is 3. The Balaban J connectivity index is 1.39. The summed E-state index contributed by atoms with van der Waals surface area (Å²) >= 11 is 5.87. The van der Waals surface area contributed by atoms with Crippen LogP contribution < -0.4 is 9.62 Å². The van der Waals surface area contributed by atoms with E-state index in [0.717, 1.165) is 32.4 Å². The van der Waals surface area contributed by atoms with E-state index in [4.69, 9.17) is 11.6 Å². The van der Waals surface area contributed by atoms with Crippen LogP contribution in [0, 0.1) is 12.8 Å². The molecule has 0 radical (unpaired) electrons. The maximum absolute atomic E-state index is 12.6. The van der Waals surface area contributed by atoms with Gasteiger partial charge in [-0.1, -0.05) is 48.0 Å². The van der Waals surface area contributed by atoms with Crippen molar-refractivity contribution < 1.29 is 13.2 Å². The lowest BCUT2D eigenvalue weighted by atomic mass is 9.90. The highest BCUT2D eigenvalue weighted by Gasteiger charge is 2.24. The van der Waals surface area contributed by atoms with Gasteiger partial charge in [0.2, 0.25) is 5.95 Å². The average molecular weight is 485 g/mol. The molecular formula is C24H25ClN4O3S. The smallest absolute Gasteiger partial charge is 0.268 e. The van der Waals surface area contributed by atoms with E-state index in [-0.39, 0.29) is 15.5 Å². The van der Waals surface area contributed by atoms with Crippen LogP contribution in [0.2, 0.25) is 5.02 Å². The molecule has 1 aromatic heterocycles. The maximum atomic E-state index is 12.6. The van der Waals surface area contributed by atoms with E-state index in [1.54, 1.807) is 13.0 Å². The summed E-state index contributed by atoms with van der Waals surface area (Å²) in [6, 6.07) is 16.2. The second kappa shape index (κ2) is 9.89. The van der Waals surface area contributed by atoms with Crippen molar-refractivity contribution in [3.63, 3.8) is 0 Å². The number of aryl methyl sites for hydroxylation is 1. The van der Waals surface area contributed by atoms with E-state index in [1.807, 2.05) is 6.07 Å². The van der Waals surface area contributed by atoms with Crippen molar-refractivity contribution in [2.24, 2.45) is 5.92 Å². The number of hydrogen-bond acceptors (Lipinski definition) is 6. The molecule has 0 unspecified atom stereocenters. The van der Waals surface area contributed by atoms with Crippen LogP contribution in [0.4, 0.5) is 5.95 Å². The van der Waals surface area contributed by atoms with Crippen LogP contribution in [0.15, 0.2) is 65.7 Å². The van der Waals surface area contributed by atoms with E-state index in [0.29, 0.717) is 17.6 Å². The van der Waals surface area contributed by atoms with Crippen LogP contribution in [-0.4, -0.2) is 37.4 Å². The summed E-state index contributed by atoms with van der Waals surface area (Å²) < 4.78 is 27.1. The molecule has 1 fully saturated rings. The quantitative estimate of drug-likeness (QED) is 0.568. The third kappa shape index (κ3) is 5.69. The monoisotopic (exact) mass is 484 g/mol. The molecular weight excluding hydrogens is 460 g/mol. The van der Waals surface area contributed by atoms with Crippen LogP contribution in [0.25, 0.3) is 0 Å². The third-order valence-electron chi connectivity index (χ3n) is 5.81. The van der Waals surface area contributed by atoms with Crippen LogP contribution in [0.3, 0.4) is 0 Å². The topological polar surface area (TPSA) is 92.3 Å². The van der Waals surface area contributed by atoms with Crippen molar-refractivity contribution in [1.82, 2.24) is 14.7 Å². The van der Waals surface area contributed by atoms with Gasteiger partial charge in [0.25, 0.3) is 15.9 Å². The normalized spacial score (nSPS) is 14.8. The van der Waals surface area contributed by atoms with E-state index >= 15 is 0 Å². The molecule has 1 saturated heterocycles. The van der Waals surface area contributed by atoms with E-state index < -0.39 is 15.9 Å². The molecule has 0 bridgehead atoms. The molecule has 3 aromatic rings. The Morgan fingerprint density at radius 1 is 1.12 bits per heavy atom. The summed E-state index contributed by atoms with van der Waals surface area (Å²) in [4.78, 5) is 23.5. The van der Waals surface area contributed by atoms with Gasteiger partial charge in [-0.15, -0.1) is 0 Å². The van der Waals surface area contributed by atoms with Crippen molar-refractivity contribution in [3.8, 4) is 0 Å². The minimum atomic E-state index is -4.06. The van der Waals surface area contributed by atoms with E-state index in [2.05, 4.69) is 43.9 Å². The number of rotatable bonds is 6. The molecule has 7 nitrogen and oxygen atoms in total. The van der Waals surface area contributed by atoms with Crippen LogP contribution in [0.1, 0.15) is 34.5 Å². The number of anilines is 1. The SMILES string of the molecule is Cc1nc(N2CCC(Cc3ccccc3)CC2)ncc1C(=O)NS(=O)(=O)c1cccc(Cl)c1. The van der Waals surface area contributed by atoms with Gasteiger partial charge in [0.1, 0.15) is 0 Å². The second-order valence-corrected chi connectivity index (χ2v) is 10.3. The van der Waals surface area contributed by atoms with Crippen molar-refractivity contribution in [2.75, 3.05) is 18.0 Å². The van der Waals surface area contributed by atoms with Gasteiger partial charge >= 0.3 is 0 Å². The third-order valence-corrected chi connectivity index (χ3v) is 7.37. The summed E-state index contributed by atoms with van der Waals surface area (Å²) in [5.41, 5.74) is 1.89. The second-order valence-electron chi connectivity index (χ2n) is 8.18. The average Bonchev–Trinajstić information content (AvgIpc) is 2.80. The molecule has 0 aliphatic carbocycles. The maximum Gasteiger partial charge on any atom is 0.268 e. The van der Waals surface area contributed by atoms with Gasteiger partial charge in [-0.3, -0.25) is 4.79 Å². The number of hydrogen-bond donors (Lipinski definition) is 1. The van der Waals surface area contributed by atoms with Crippen molar-refractivity contribution in [1.29, 1.82) is 0 Å². The number of piperidine rings is 1. The Hall–Kier alpha value is -2.97. The Bertz CT molecular complexity index is 1240. The fourth-order valence-electron chi connectivity index (χ4n) is 3.98. The predicted molar refractivity (Wildman–Crippen MR) is 128 cm³/mol. The van der Waals surface area contributed by atoms with Crippen molar-refractivity contribution in [2.45, 2.75) is 31.1 Å². The molecule has 9 heteroatoms. The molecule has 1 aliphatic heterocycles. The van der Waals surface area contributed by atoms with Gasteiger partial charge in [-0.05, 0) is 55.9 Å². The van der Waals surface area contributed by atoms with Crippen LogP contribution in [0.5, 0.6) is 0 Å². The number of halogens is 1. The molecule has 1 aliphatic rings. The zero-order valence-corrected chi connectivity index (χ0v) is 19.8. The molecule has 0 spiro atoms. The lowest BCUT2D eigenvalue weighted by molar-refractivity contribution is 0.0980. The first-order chi connectivity index (χ1) is 15.8. The first kappa shape index (κ1) is 23.2. The molecule has 1 N–H and O–H groups in total. The standard InChI is InChI=1S/C24H25ClN4O3S/c1-17-22(23(30)28-33(31,32)21-9-5-8-20(25)15-21)16-26-24(27-17)29-12-10-19(11-13-29)14-18-6-3-2-4-7-18/h2-9,15-16,19H,10-14H2,1H3,(H,28,30). The van der Waals surface area contributed by atoms with E-state index in [9.17, 15) is 13.2 Å². The fraction of sp³-hybridized carbons (Fsp3) is 0.292. The van der Waals surface area contributed by atoms with Crippen molar-refractivity contribution >= 4 is 33.5 Å². The minimum absolute atomic E-state index is 0.0862. The van der Waals surface area contributed by atoms with Gasteiger partial charge < -0.3 is 4.90 Å². The number of carbonyl (C=O) groups excluding carboxylic acids is 1. The molecule has 2 aromatic carbocycles. The summed E-state index contributed by atoms with van der Waals surface area (Å²) in [5, 5.41) is 0.265. The van der Waals surface area contributed by atoms with Crippen LogP contribution >= 0.6 is 11.6 Å². The molecule has 4 rings (SSSR count). The summed E-state index contributed by atoms with van der Waals surface area (Å²) in [5.74, 6) is 0.395. The molecule has 0 saturated carbocycles. The van der Waals surface area contributed by atoms with Gasteiger partial charge in [0.15, 0.2) is 0 Å². The number of carbonyl (C=O) groups is 1. The van der Waals surface area contributed by atoms with Crippen molar-refractivity contribution in [3.05, 3.63) is 82.6 Å². The lowest BCUT2D eigenvalue weighted by Crippen LogP contribution is -2.36. The first-order valence-electron chi connectivity index (χ1n) is 10.8. The predicted octanol–water partition coefficient (Wildman–Crippen LogP) is 4.02. The highest BCUT2D eigenvalue weighted by Crippen LogP contribution is 2.24. The summed E-state index contributed by atoms with van der Waals surface area (Å²) in [6.07, 6.45) is 4.53. The minimum Gasteiger partial charge on any atom is -0.341 e. The summed E-state index contributed by atoms with van der Waals surface area (Å²) in [7, 11) is -4.06. The van der Waals surface area contributed by atoms with Crippen LogP contribution in [-0.2, 0) is 16.4 Å². The lowest BCUT2D eigenvalue weighted by Gasteiger charge is -2.32. The van der Waals surface area contributed by atoms with Gasteiger partial charge in [-0.25, -0.2) is 23.1 Å². The highest BCUT2D eigenvalue weighted by atomic mass is 35.5. The number of benzene rings is 2. The van der Waals surface area contributed by atoms with Gasteiger partial charge in [0, 0.05) is 24.3 Å². The Morgan fingerprint density at radius 2 is 1.85 bits per heavy atom. The fourth-order valence-corrected chi connectivity index (χ4v) is 5.25. The number of sulfonamides is 1. The Kier molecular flexibility index (Phi) is 6.95. The highest BCUT2D eigenvalue weighted by molar-refractivity contribution is 7.90. The zero-order chi connectivity index (χ0) is 23.4. The number of aromatic nitrogens is 2. The largest absolute Gasteiger partial charge is 0.341 e. The Labute approximate surface area is 198 Å². The molecule has 2 heterocycles. The first-order valence-corrected chi connectivity index (χ1v) is 12.6. The zero-order valence-electron chi connectivity index (χ0n) is 18.2. The van der Waals surface area contributed by atoms with E-state index in [1.165, 1.54) is 30.0 Å².